The van der Waals surface area contributed by atoms with E-state index < -0.39 is 0 Å². The molecule has 1 aromatic rings. The molecule has 0 spiro atoms. The Morgan fingerprint density at radius 2 is 2.00 bits per heavy atom. The summed E-state index contributed by atoms with van der Waals surface area (Å²) in [5.41, 5.74) is 3.58. The van der Waals surface area contributed by atoms with E-state index in [4.69, 9.17) is 0 Å². The van der Waals surface area contributed by atoms with Crippen LogP contribution < -0.4 is 5.56 Å². The molecule has 2 rings (SSSR count). The largest absolute Gasteiger partial charge is 0.318 e. The maximum absolute atomic E-state index is 11.9. The molecule has 2 heteroatoms. The fourth-order valence-corrected chi connectivity index (χ4v) is 2.09. The summed E-state index contributed by atoms with van der Waals surface area (Å²) in [6.45, 7) is 6.54. The van der Waals surface area contributed by atoms with E-state index in [1.165, 1.54) is 5.56 Å². The summed E-state index contributed by atoms with van der Waals surface area (Å²) in [6, 6.07) is 0. The maximum Gasteiger partial charge on any atom is 0.254 e. The molecule has 0 saturated carbocycles. The van der Waals surface area contributed by atoms with E-state index in [0.717, 1.165) is 17.5 Å². The number of hydrogen-bond acceptors (Lipinski definition) is 1. The highest BCUT2D eigenvalue weighted by Gasteiger charge is 2.23. The Labute approximate surface area is 90.2 Å². The molecule has 2 nitrogen and oxygen atoms in total. The van der Waals surface area contributed by atoms with Gasteiger partial charge in [-0.25, -0.2) is 0 Å². The number of nitrogens with zero attached hydrogens (tertiary/aromatic N) is 1. The lowest BCUT2D eigenvalue weighted by Gasteiger charge is -2.23. The smallest absolute Gasteiger partial charge is 0.254 e. The zero-order valence-corrected chi connectivity index (χ0v) is 9.79. The fraction of sp³-hybridized carbons (Fsp3) is 0.462. The van der Waals surface area contributed by atoms with E-state index >= 15 is 0 Å². The van der Waals surface area contributed by atoms with Crippen molar-refractivity contribution in [3.05, 3.63) is 39.3 Å². The van der Waals surface area contributed by atoms with E-state index in [0.29, 0.717) is 0 Å². The number of aryl methyl sites for hydroxylation is 1. The van der Waals surface area contributed by atoms with Crippen molar-refractivity contribution >= 4 is 6.08 Å². The zero-order valence-electron chi connectivity index (χ0n) is 9.79. The van der Waals surface area contributed by atoms with Gasteiger partial charge in [0.05, 0.1) is 0 Å². The number of fused-ring (bicyclic) bond motifs is 1. The van der Waals surface area contributed by atoms with Crippen LogP contribution in [0.1, 0.15) is 37.5 Å². The summed E-state index contributed by atoms with van der Waals surface area (Å²) in [5, 5.41) is 0. The number of rotatable bonds is 0. The van der Waals surface area contributed by atoms with Crippen LogP contribution in [0.2, 0.25) is 0 Å². The van der Waals surface area contributed by atoms with Crippen LogP contribution in [0.5, 0.6) is 0 Å². The third-order valence-corrected chi connectivity index (χ3v) is 2.93. The topological polar surface area (TPSA) is 22.0 Å². The minimum atomic E-state index is 0.0875. The van der Waals surface area contributed by atoms with E-state index in [2.05, 4.69) is 32.9 Å². The third-order valence-electron chi connectivity index (χ3n) is 2.93. The van der Waals surface area contributed by atoms with Crippen LogP contribution in [-0.2, 0) is 18.9 Å². The monoisotopic (exact) mass is 203 g/mol. The number of allylic oxidation sites excluding steroid dienone is 1. The predicted octanol–water partition coefficient (Wildman–Crippen LogP) is 2.25. The number of hydrogen-bond donors (Lipinski definition) is 0. The van der Waals surface area contributed by atoms with Gasteiger partial charge >= 0.3 is 0 Å². The van der Waals surface area contributed by atoms with Crippen LogP contribution >= 0.6 is 0 Å². The van der Waals surface area contributed by atoms with Gasteiger partial charge in [-0.15, -0.1) is 0 Å². The van der Waals surface area contributed by atoms with Crippen molar-refractivity contribution in [1.29, 1.82) is 0 Å². The molecule has 0 saturated heterocycles. The van der Waals surface area contributed by atoms with Gasteiger partial charge in [0.25, 0.3) is 5.56 Å². The minimum absolute atomic E-state index is 0.0875. The molecular formula is C13H17NO. The molecule has 0 atom stereocenters. The first-order valence-corrected chi connectivity index (χ1v) is 5.31. The summed E-state index contributed by atoms with van der Waals surface area (Å²) >= 11 is 0. The van der Waals surface area contributed by atoms with E-state index in [1.54, 1.807) is 4.57 Å². The van der Waals surface area contributed by atoms with Crippen LogP contribution in [-0.4, -0.2) is 4.57 Å². The van der Waals surface area contributed by atoms with Gasteiger partial charge in [-0.2, -0.15) is 0 Å². The van der Waals surface area contributed by atoms with Gasteiger partial charge in [0.1, 0.15) is 0 Å². The third kappa shape index (κ3) is 1.54. The van der Waals surface area contributed by atoms with Crippen molar-refractivity contribution < 1.29 is 0 Å². The summed E-state index contributed by atoms with van der Waals surface area (Å²) in [5.74, 6) is 0. The lowest BCUT2D eigenvalue weighted by atomic mass is 9.84. The van der Waals surface area contributed by atoms with Crippen LogP contribution in [0.4, 0.5) is 0 Å². The summed E-state index contributed by atoms with van der Waals surface area (Å²) in [6.07, 6.45) is 6.90. The molecule has 1 aliphatic carbocycles. The quantitative estimate of drug-likeness (QED) is 0.634. The Hall–Kier alpha value is -1.31. The Bertz CT molecular complexity index is 486. The van der Waals surface area contributed by atoms with Crippen LogP contribution in [0.3, 0.4) is 0 Å². The molecule has 0 amide bonds. The van der Waals surface area contributed by atoms with Gasteiger partial charge in [-0.1, -0.05) is 32.9 Å². The van der Waals surface area contributed by atoms with Gasteiger partial charge in [0, 0.05) is 18.8 Å². The summed E-state index contributed by atoms with van der Waals surface area (Å²) in [4.78, 5) is 11.9. The molecule has 0 fully saturated rings. The number of aromatic nitrogens is 1. The molecule has 0 aromatic carbocycles. The van der Waals surface area contributed by atoms with Crippen molar-refractivity contribution in [2.75, 3.05) is 0 Å². The van der Waals surface area contributed by atoms with E-state index in [1.807, 2.05) is 13.2 Å². The molecule has 0 N–H and O–H groups in total. The second-order valence-corrected chi connectivity index (χ2v) is 5.21. The lowest BCUT2D eigenvalue weighted by molar-refractivity contribution is 0.578. The van der Waals surface area contributed by atoms with Crippen molar-refractivity contribution in [2.45, 2.75) is 32.6 Å². The Kier molecular flexibility index (Phi) is 2.10. The second kappa shape index (κ2) is 3.09. The summed E-state index contributed by atoms with van der Waals surface area (Å²) in [7, 11) is 1.83. The molecule has 0 unspecified atom stereocenters. The van der Waals surface area contributed by atoms with Gasteiger partial charge in [-0.3, -0.25) is 4.79 Å². The van der Waals surface area contributed by atoms with Crippen LogP contribution in [0.15, 0.2) is 17.1 Å². The highest BCUT2D eigenvalue weighted by Crippen LogP contribution is 2.30. The first kappa shape index (κ1) is 10.2. The van der Waals surface area contributed by atoms with Crippen LogP contribution in [0, 0.1) is 0 Å². The SMILES string of the molecule is Cn1cc(C(C)(C)C)c2c(c1=O)CC=C2. The number of pyridine rings is 1. The molecule has 15 heavy (non-hydrogen) atoms. The van der Waals surface area contributed by atoms with Crippen molar-refractivity contribution in [3.63, 3.8) is 0 Å². The average molecular weight is 203 g/mol. The van der Waals surface area contributed by atoms with Crippen molar-refractivity contribution in [2.24, 2.45) is 7.05 Å². The predicted molar refractivity (Wildman–Crippen MR) is 63.1 cm³/mol. The van der Waals surface area contributed by atoms with Crippen molar-refractivity contribution in [1.82, 2.24) is 4.57 Å². The minimum Gasteiger partial charge on any atom is -0.318 e. The summed E-state index contributed by atoms with van der Waals surface area (Å²) < 4.78 is 1.70. The van der Waals surface area contributed by atoms with Crippen LogP contribution in [0.25, 0.3) is 6.08 Å². The molecule has 1 heterocycles. The average Bonchev–Trinajstić information content (AvgIpc) is 2.57. The lowest BCUT2D eigenvalue weighted by Crippen LogP contribution is -2.25. The Morgan fingerprint density at radius 1 is 1.33 bits per heavy atom. The first-order valence-electron chi connectivity index (χ1n) is 5.31. The highest BCUT2D eigenvalue weighted by molar-refractivity contribution is 5.63. The molecular weight excluding hydrogens is 186 g/mol. The standard InChI is InChI=1S/C13H17NO/c1-13(2,3)11-8-14(4)12(15)10-7-5-6-9(10)11/h5-6,8H,7H2,1-4H3. The van der Waals surface area contributed by atoms with E-state index in [-0.39, 0.29) is 11.0 Å². The maximum atomic E-state index is 11.9. The molecule has 1 aromatic heterocycles. The van der Waals surface area contributed by atoms with Gasteiger partial charge in [0.15, 0.2) is 0 Å². The Morgan fingerprint density at radius 3 is 2.60 bits per heavy atom. The normalized spacial score (nSPS) is 14.4. The van der Waals surface area contributed by atoms with Gasteiger partial charge < -0.3 is 4.57 Å². The van der Waals surface area contributed by atoms with Gasteiger partial charge in [0.2, 0.25) is 0 Å². The molecule has 80 valence electrons. The van der Waals surface area contributed by atoms with Crippen molar-refractivity contribution in [3.8, 4) is 0 Å². The molecule has 0 radical (unpaired) electrons. The first-order chi connectivity index (χ1) is 6.91. The molecule has 1 aliphatic rings. The van der Waals surface area contributed by atoms with Gasteiger partial charge in [-0.05, 0) is 23.0 Å². The second-order valence-electron chi connectivity index (χ2n) is 5.21. The highest BCUT2D eigenvalue weighted by atomic mass is 16.1. The van der Waals surface area contributed by atoms with E-state index in [9.17, 15) is 4.79 Å². The Balaban J connectivity index is 2.78. The zero-order chi connectivity index (χ0) is 11.2. The molecule has 0 aliphatic heterocycles. The molecule has 0 bridgehead atoms. The fourth-order valence-electron chi connectivity index (χ4n) is 2.09.